The van der Waals surface area contributed by atoms with Gasteiger partial charge in [0, 0.05) is 36.1 Å². The van der Waals surface area contributed by atoms with Crippen LogP contribution in [0.4, 0.5) is 5.69 Å². The molecule has 1 aliphatic heterocycles. The number of thioether (sulfide) groups is 1. The van der Waals surface area contributed by atoms with Crippen molar-refractivity contribution in [3.63, 3.8) is 0 Å². The molecule has 0 aliphatic carbocycles. The van der Waals surface area contributed by atoms with E-state index in [0.717, 1.165) is 10.6 Å². The number of para-hydroxylation sites is 1. The molecule has 0 bridgehead atoms. The number of anilines is 1. The van der Waals surface area contributed by atoms with Gasteiger partial charge in [-0.05, 0) is 43.5 Å². The minimum Gasteiger partial charge on any atom is -0.324 e. The number of carbonyl (C=O) groups excluding carboxylic acids is 1. The van der Waals surface area contributed by atoms with Crippen LogP contribution in [0.2, 0.25) is 5.02 Å². The summed E-state index contributed by atoms with van der Waals surface area (Å²) in [5.41, 5.74) is 0.791. The second-order valence-electron chi connectivity index (χ2n) is 6.76. The van der Waals surface area contributed by atoms with Gasteiger partial charge in [-0.1, -0.05) is 29.8 Å². The molecule has 2 aromatic rings. The van der Waals surface area contributed by atoms with Gasteiger partial charge in [0.05, 0.1) is 16.6 Å². The molecule has 0 saturated carbocycles. The lowest BCUT2D eigenvalue weighted by atomic mass is 10.2. The van der Waals surface area contributed by atoms with Crippen LogP contribution in [0.25, 0.3) is 0 Å². The zero-order valence-corrected chi connectivity index (χ0v) is 18.7. The van der Waals surface area contributed by atoms with Crippen molar-refractivity contribution < 1.29 is 13.2 Å². The lowest BCUT2D eigenvalue weighted by molar-refractivity contribution is -0.121. The van der Waals surface area contributed by atoms with Crippen molar-refractivity contribution in [3.8, 4) is 0 Å². The molecule has 0 unspecified atom stereocenters. The molecule has 1 atom stereocenters. The summed E-state index contributed by atoms with van der Waals surface area (Å²) in [4.78, 5) is 15.9. The van der Waals surface area contributed by atoms with Gasteiger partial charge < -0.3 is 5.32 Å². The number of sulfonamides is 1. The Balaban J connectivity index is 1.62. The highest BCUT2D eigenvalue weighted by Gasteiger charge is 2.32. The molecule has 3 rings (SSSR count). The van der Waals surface area contributed by atoms with Crippen molar-refractivity contribution in [2.75, 3.05) is 37.8 Å². The van der Waals surface area contributed by atoms with Gasteiger partial charge in [0.25, 0.3) is 0 Å². The molecule has 1 saturated heterocycles. The number of carbonyl (C=O) groups is 1. The Hall–Kier alpha value is -1.58. The number of amides is 1. The molecule has 1 fully saturated rings. The van der Waals surface area contributed by atoms with Gasteiger partial charge in [0.2, 0.25) is 15.9 Å². The van der Waals surface area contributed by atoms with Crippen LogP contribution in [0, 0.1) is 0 Å². The van der Waals surface area contributed by atoms with Gasteiger partial charge in [-0.2, -0.15) is 4.31 Å². The molecule has 1 heterocycles. The van der Waals surface area contributed by atoms with Crippen LogP contribution in [0.5, 0.6) is 0 Å². The first-order chi connectivity index (χ1) is 13.8. The first-order valence-corrected chi connectivity index (χ1v) is 12.3. The zero-order valence-electron chi connectivity index (χ0n) is 16.3. The van der Waals surface area contributed by atoms with Gasteiger partial charge in [0.1, 0.15) is 0 Å². The predicted octanol–water partition coefficient (Wildman–Crippen LogP) is 3.40. The van der Waals surface area contributed by atoms with Gasteiger partial charge >= 0.3 is 0 Å². The molecule has 0 aromatic heterocycles. The van der Waals surface area contributed by atoms with E-state index < -0.39 is 10.0 Å². The molecule has 2 aromatic carbocycles. The SMILES string of the molecule is CSc1ccccc1NC(=O)[C@@H](C)N1CCN(S(=O)(=O)c2cccc(Cl)c2)CC1. The summed E-state index contributed by atoms with van der Waals surface area (Å²) >= 11 is 7.52. The summed E-state index contributed by atoms with van der Waals surface area (Å²) in [5, 5.41) is 3.37. The van der Waals surface area contributed by atoms with Crippen LogP contribution in [-0.4, -0.2) is 62.0 Å². The van der Waals surface area contributed by atoms with Crippen molar-refractivity contribution in [3.05, 3.63) is 53.6 Å². The molecule has 156 valence electrons. The molecular formula is C20H24ClN3O3S2. The second kappa shape index (κ2) is 9.49. The summed E-state index contributed by atoms with van der Waals surface area (Å²) < 4.78 is 27.1. The van der Waals surface area contributed by atoms with Crippen molar-refractivity contribution in [2.45, 2.75) is 22.8 Å². The third-order valence-corrected chi connectivity index (χ3v) is 7.92. The largest absolute Gasteiger partial charge is 0.324 e. The Labute approximate surface area is 181 Å². The minimum absolute atomic E-state index is 0.0994. The topological polar surface area (TPSA) is 69.7 Å². The third kappa shape index (κ3) is 5.13. The normalized spacial score (nSPS) is 17.1. The standard InChI is InChI=1S/C20H24ClN3O3S2/c1-15(20(25)22-18-8-3-4-9-19(18)28-2)23-10-12-24(13-11-23)29(26,27)17-7-5-6-16(21)14-17/h3-9,14-15H,10-13H2,1-2H3,(H,22,25)/t15-/m1/s1. The Kier molecular flexibility index (Phi) is 7.23. The zero-order chi connectivity index (χ0) is 21.0. The van der Waals surface area contributed by atoms with Gasteiger partial charge in [-0.3, -0.25) is 9.69 Å². The van der Waals surface area contributed by atoms with Gasteiger partial charge in [-0.25, -0.2) is 8.42 Å². The third-order valence-electron chi connectivity index (χ3n) is 5.00. The Morgan fingerprint density at radius 2 is 1.79 bits per heavy atom. The number of hydrogen-bond donors (Lipinski definition) is 1. The van der Waals surface area contributed by atoms with E-state index >= 15 is 0 Å². The second-order valence-corrected chi connectivity index (χ2v) is 9.99. The smallest absolute Gasteiger partial charge is 0.243 e. The fourth-order valence-electron chi connectivity index (χ4n) is 3.26. The Morgan fingerprint density at radius 3 is 2.45 bits per heavy atom. The number of benzene rings is 2. The van der Waals surface area contributed by atoms with Crippen molar-refractivity contribution in [1.82, 2.24) is 9.21 Å². The van der Waals surface area contributed by atoms with Gasteiger partial charge in [-0.15, -0.1) is 11.8 Å². The van der Waals surface area contributed by atoms with E-state index in [1.807, 2.05) is 42.3 Å². The minimum atomic E-state index is -3.59. The van der Waals surface area contributed by atoms with Crippen molar-refractivity contribution >= 4 is 45.0 Å². The average Bonchev–Trinajstić information content (AvgIpc) is 2.73. The number of hydrogen-bond acceptors (Lipinski definition) is 5. The first-order valence-electron chi connectivity index (χ1n) is 9.26. The maximum absolute atomic E-state index is 12.8. The molecule has 0 spiro atoms. The van der Waals surface area contributed by atoms with Crippen LogP contribution in [-0.2, 0) is 14.8 Å². The summed E-state index contributed by atoms with van der Waals surface area (Å²) in [6.45, 7) is 3.47. The summed E-state index contributed by atoms with van der Waals surface area (Å²) in [6, 6.07) is 13.6. The maximum atomic E-state index is 12.8. The Bertz CT molecular complexity index is 976. The number of halogens is 1. The lowest BCUT2D eigenvalue weighted by Gasteiger charge is -2.36. The van der Waals surface area contributed by atoms with E-state index in [9.17, 15) is 13.2 Å². The van der Waals surface area contributed by atoms with E-state index in [4.69, 9.17) is 11.6 Å². The predicted molar refractivity (Wildman–Crippen MR) is 118 cm³/mol. The molecule has 6 nitrogen and oxygen atoms in total. The lowest BCUT2D eigenvalue weighted by Crippen LogP contribution is -2.53. The number of piperazine rings is 1. The highest BCUT2D eigenvalue weighted by molar-refractivity contribution is 7.98. The maximum Gasteiger partial charge on any atom is 0.243 e. The quantitative estimate of drug-likeness (QED) is 0.679. The van der Waals surface area contributed by atoms with E-state index in [2.05, 4.69) is 5.32 Å². The van der Waals surface area contributed by atoms with Crippen LogP contribution in [0.3, 0.4) is 0 Å². The molecule has 9 heteroatoms. The average molecular weight is 454 g/mol. The van der Waals surface area contributed by atoms with E-state index in [0.29, 0.717) is 31.2 Å². The summed E-state index contributed by atoms with van der Waals surface area (Å²) in [6.07, 6.45) is 1.97. The van der Waals surface area contributed by atoms with Gasteiger partial charge in [0.15, 0.2) is 0 Å². The van der Waals surface area contributed by atoms with E-state index in [1.165, 1.54) is 10.4 Å². The molecule has 1 amide bonds. The highest BCUT2D eigenvalue weighted by Crippen LogP contribution is 2.25. The number of rotatable bonds is 6. The molecule has 0 radical (unpaired) electrons. The summed E-state index contributed by atoms with van der Waals surface area (Å²) in [5.74, 6) is -0.0994. The summed E-state index contributed by atoms with van der Waals surface area (Å²) in [7, 11) is -3.59. The van der Waals surface area contributed by atoms with Crippen molar-refractivity contribution in [1.29, 1.82) is 0 Å². The van der Waals surface area contributed by atoms with E-state index in [-0.39, 0.29) is 16.8 Å². The number of nitrogens with one attached hydrogen (secondary N) is 1. The van der Waals surface area contributed by atoms with Crippen LogP contribution in [0.15, 0.2) is 58.3 Å². The highest BCUT2D eigenvalue weighted by atomic mass is 35.5. The Morgan fingerprint density at radius 1 is 1.10 bits per heavy atom. The molecule has 29 heavy (non-hydrogen) atoms. The van der Waals surface area contributed by atoms with Crippen LogP contribution in [0.1, 0.15) is 6.92 Å². The number of nitrogens with zero attached hydrogens (tertiary/aromatic N) is 2. The first kappa shape index (κ1) is 22.1. The van der Waals surface area contributed by atoms with Crippen molar-refractivity contribution in [2.24, 2.45) is 0 Å². The fraction of sp³-hybridized carbons (Fsp3) is 0.350. The molecular weight excluding hydrogens is 430 g/mol. The monoisotopic (exact) mass is 453 g/mol. The van der Waals surface area contributed by atoms with Crippen LogP contribution < -0.4 is 5.32 Å². The molecule has 1 aliphatic rings. The van der Waals surface area contributed by atoms with Crippen LogP contribution >= 0.6 is 23.4 Å². The van der Waals surface area contributed by atoms with E-state index in [1.54, 1.807) is 30.0 Å². The fourth-order valence-corrected chi connectivity index (χ4v) is 5.54. The molecule has 1 N–H and O–H groups in total.